The largest absolute Gasteiger partial charge is 0.390 e. The van der Waals surface area contributed by atoms with Crippen molar-refractivity contribution in [1.29, 1.82) is 0 Å². The summed E-state index contributed by atoms with van der Waals surface area (Å²) >= 11 is 0. The third-order valence-corrected chi connectivity index (χ3v) is 19.4. The van der Waals surface area contributed by atoms with Gasteiger partial charge in [0.25, 0.3) is 0 Å². The number of morpholine rings is 1. The van der Waals surface area contributed by atoms with Gasteiger partial charge in [0.2, 0.25) is 53.2 Å². The maximum absolute atomic E-state index is 15.2. The molecule has 6 N–H and O–H groups in total. The van der Waals surface area contributed by atoms with Crippen molar-refractivity contribution < 1.29 is 67.3 Å². The Kier molecular flexibility index (Phi) is 37.6. The molecule has 2 heterocycles. The number of unbranched alkanes of at least 4 members (excludes halogenated alkanes) is 3. The molecule has 0 aromatic rings. The van der Waals surface area contributed by atoms with E-state index in [4.69, 9.17) is 15.2 Å². The van der Waals surface area contributed by atoms with Gasteiger partial charge < -0.3 is 65.7 Å². The van der Waals surface area contributed by atoms with E-state index in [-0.39, 0.29) is 62.9 Å². The lowest BCUT2D eigenvalue weighted by Crippen LogP contribution is -2.63. The second-order valence-corrected chi connectivity index (χ2v) is 29.6. The molecule has 0 unspecified atom stereocenters. The normalized spacial score (nSPS) is 27.4. The van der Waals surface area contributed by atoms with E-state index >= 15 is 19.2 Å². The fraction of sp³-hybridized carbons (Fsp3) is 0.845. The SMILES string of the molecule is CC[C@@H]1NC(=O)[C@H]([C@H](O)[C@H](C)CCCCCN)NC(=O)[C@H](C(C)C)N(C)C(=O)[C@H](CC(C)C)N(C)C(=O)[C@H](CC(C)C)N(C)C(=O)[C@@H](C)NC(=O)[C@H](C)CC(=O)[C@H](CC(C)C)N(C)C(=O)[C@H](C(C)C)CC(=O)[C@H]([C@@H](C)OCCCCN2CCOCC2)N(C)C(=O)[C@@H](C)N(C)C1=O. The van der Waals surface area contributed by atoms with Gasteiger partial charge in [0.15, 0.2) is 11.6 Å². The van der Waals surface area contributed by atoms with Gasteiger partial charge in [-0.2, -0.15) is 0 Å². The van der Waals surface area contributed by atoms with Crippen molar-refractivity contribution in [2.75, 3.05) is 88.3 Å². The first-order valence-electron chi connectivity index (χ1n) is 35.7. The Bertz CT molecular complexity index is 2530. The molecule has 25 nitrogen and oxygen atoms in total. The highest BCUT2D eigenvalue weighted by Gasteiger charge is 2.45. The molecule has 0 radical (unpaired) electrons. The predicted molar refractivity (Wildman–Crippen MR) is 371 cm³/mol. The molecule has 0 aliphatic carbocycles. The molecular formula is C71H129N11O14. The lowest BCUT2D eigenvalue weighted by Gasteiger charge is -2.40. The zero-order valence-corrected chi connectivity index (χ0v) is 62.9. The number of nitrogens with one attached hydrogen (secondary N) is 3. The Balaban J connectivity index is 2.98. The van der Waals surface area contributed by atoms with Crippen molar-refractivity contribution in [2.24, 2.45) is 53.1 Å². The first-order chi connectivity index (χ1) is 44.8. The Labute approximate surface area is 575 Å². The number of aliphatic hydroxyl groups excluding tert-OH is 1. The third kappa shape index (κ3) is 25.6. The number of rotatable bonds is 23. The van der Waals surface area contributed by atoms with Gasteiger partial charge >= 0.3 is 0 Å². The van der Waals surface area contributed by atoms with Crippen molar-refractivity contribution in [3.8, 4) is 0 Å². The van der Waals surface area contributed by atoms with Crippen LogP contribution in [0.3, 0.4) is 0 Å². The van der Waals surface area contributed by atoms with Crippen molar-refractivity contribution >= 4 is 64.7 Å². The van der Waals surface area contributed by atoms with Gasteiger partial charge in [-0.1, -0.05) is 103 Å². The van der Waals surface area contributed by atoms with E-state index < -0.39 is 161 Å². The molecule has 0 bridgehead atoms. The topological polar surface area (TPSA) is 311 Å². The van der Waals surface area contributed by atoms with Crippen molar-refractivity contribution in [3.05, 3.63) is 0 Å². The number of Topliss-reactive ketones (excluding diaryl/α,β-unsaturated/α-hetero) is 2. The number of ketones is 2. The quantitative estimate of drug-likeness (QED) is 0.0879. The minimum Gasteiger partial charge on any atom is -0.390 e. The summed E-state index contributed by atoms with van der Waals surface area (Å²) in [5.41, 5.74) is 5.79. The smallest absolute Gasteiger partial charge is 0.245 e. The van der Waals surface area contributed by atoms with Gasteiger partial charge in [0.1, 0.15) is 48.3 Å². The fourth-order valence-corrected chi connectivity index (χ4v) is 13.0. The number of hydrogen-bond acceptors (Lipinski definition) is 16. The molecule has 0 saturated carbocycles. The van der Waals surface area contributed by atoms with Crippen LogP contribution in [0.4, 0.5) is 0 Å². The van der Waals surface area contributed by atoms with Crippen LogP contribution in [0.15, 0.2) is 0 Å². The number of hydrogen-bond donors (Lipinski definition) is 5. The molecule has 2 aliphatic heterocycles. The van der Waals surface area contributed by atoms with Crippen LogP contribution in [0, 0.1) is 47.3 Å². The van der Waals surface area contributed by atoms with E-state index in [1.54, 1.807) is 55.4 Å². The van der Waals surface area contributed by atoms with Crippen LogP contribution in [0.1, 0.15) is 188 Å². The summed E-state index contributed by atoms with van der Waals surface area (Å²) < 4.78 is 11.9. The van der Waals surface area contributed by atoms with E-state index in [2.05, 4.69) is 20.9 Å². The van der Waals surface area contributed by atoms with E-state index in [1.807, 2.05) is 41.5 Å². The summed E-state index contributed by atoms with van der Waals surface area (Å²) in [4.78, 5) is 173. The second-order valence-electron chi connectivity index (χ2n) is 29.6. The van der Waals surface area contributed by atoms with Crippen LogP contribution in [-0.4, -0.2) is 259 Å². The first-order valence-corrected chi connectivity index (χ1v) is 35.7. The first kappa shape index (κ1) is 86.5. The summed E-state index contributed by atoms with van der Waals surface area (Å²) in [6, 6.07) is -11.3. The van der Waals surface area contributed by atoms with Gasteiger partial charge in [0, 0.05) is 86.7 Å². The van der Waals surface area contributed by atoms with Gasteiger partial charge in [-0.25, -0.2) is 0 Å². The molecule has 14 atom stereocenters. The molecule has 552 valence electrons. The molecule has 2 saturated heterocycles. The second kappa shape index (κ2) is 41.7. The average molecular weight is 1360 g/mol. The van der Waals surface area contributed by atoms with Crippen LogP contribution >= 0.6 is 0 Å². The van der Waals surface area contributed by atoms with Gasteiger partial charge in [-0.3, -0.25) is 57.6 Å². The molecule has 25 heteroatoms. The molecule has 2 aliphatic rings. The Morgan fingerprint density at radius 1 is 0.531 bits per heavy atom. The number of carbonyl (C=O) groups is 11. The number of ether oxygens (including phenoxy) is 2. The molecule has 2 rings (SSSR count). The van der Waals surface area contributed by atoms with E-state index in [1.165, 1.54) is 85.5 Å². The van der Waals surface area contributed by atoms with Gasteiger partial charge in [0.05, 0.1) is 31.5 Å². The van der Waals surface area contributed by atoms with Crippen molar-refractivity contribution in [1.82, 2.24) is 50.2 Å². The number of carbonyl (C=O) groups excluding carboxylic acids is 11. The lowest BCUT2D eigenvalue weighted by molar-refractivity contribution is -0.154. The Morgan fingerprint density at radius 2 is 1.05 bits per heavy atom. The van der Waals surface area contributed by atoms with Gasteiger partial charge in [-0.05, 0) is 121 Å². The fourth-order valence-electron chi connectivity index (χ4n) is 13.0. The van der Waals surface area contributed by atoms with E-state index in [0.29, 0.717) is 39.0 Å². The highest BCUT2D eigenvalue weighted by molar-refractivity contribution is 6.00. The zero-order chi connectivity index (χ0) is 73.3. The van der Waals surface area contributed by atoms with E-state index in [0.717, 1.165) is 38.9 Å². The number of amides is 9. The maximum Gasteiger partial charge on any atom is 0.245 e. The highest BCUT2D eigenvalue weighted by Crippen LogP contribution is 2.28. The molecule has 0 aromatic heterocycles. The van der Waals surface area contributed by atoms with Crippen LogP contribution < -0.4 is 21.7 Å². The number of likely N-dealkylation sites (N-methyl/N-ethyl adjacent to an activating group) is 6. The number of nitrogens with zero attached hydrogens (tertiary/aromatic N) is 7. The van der Waals surface area contributed by atoms with E-state index in [9.17, 15) is 38.7 Å². The lowest BCUT2D eigenvalue weighted by atomic mass is 9.85. The summed E-state index contributed by atoms with van der Waals surface area (Å²) in [6.07, 6.45) is 1.42. The Morgan fingerprint density at radius 3 is 1.57 bits per heavy atom. The maximum atomic E-state index is 15.2. The Hall–Kier alpha value is -5.63. The standard InChI is InChI=1S/C71H129N11O14/c1-23-53-69(92)76(17)50(15)67(90)81(22)61(51(16)96-34-28-27-31-82-32-35-95-36-33-82)58(84)41-52(45(8)9)68(91)77(18)54(37-42(2)3)57(83)40-48(13)63(86)73-49(14)66(89)78(19)55(38-43(4)5)70(93)79(20)56(39-44(6)7)71(94)80(21)60(46(10)11)65(88)75-59(64(87)74-53)62(85)47(12)29-25-24-26-30-72/h42-56,59-62,85H,23-41,72H2,1-22H3,(H,73,86)(H,74,87)(H,75,88)/t47-,48-,49-,50-,51-,52+,53+,54+,55+,56+,59+,60+,61+,62-/m1/s1. The zero-order valence-electron chi connectivity index (χ0n) is 62.9. The monoisotopic (exact) mass is 1360 g/mol. The molecule has 9 amide bonds. The van der Waals surface area contributed by atoms with Crippen LogP contribution in [0.5, 0.6) is 0 Å². The van der Waals surface area contributed by atoms with Crippen LogP contribution in [0.2, 0.25) is 0 Å². The number of nitrogens with two attached hydrogens (primary N) is 1. The summed E-state index contributed by atoms with van der Waals surface area (Å²) in [6.45, 7) is 32.4. The van der Waals surface area contributed by atoms with Crippen molar-refractivity contribution in [2.45, 2.75) is 254 Å². The minimum atomic E-state index is -1.67. The number of aliphatic hydroxyl groups is 1. The van der Waals surface area contributed by atoms with Crippen LogP contribution in [0.25, 0.3) is 0 Å². The molecule has 2 fully saturated rings. The van der Waals surface area contributed by atoms with Gasteiger partial charge in [-0.15, -0.1) is 0 Å². The summed E-state index contributed by atoms with van der Waals surface area (Å²) in [7, 11) is 8.72. The van der Waals surface area contributed by atoms with Crippen LogP contribution in [-0.2, 0) is 62.2 Å². The third-order valence-electron chi connectivity index (χ3n) is 19.4. The molecule has 96 heavy (non-hydrogen) atoms. The highest BCUT2D eigenvalue weighted by atomic mass is 16.5. The molecular weight excluding hydrogens is 1230 g/mol. The minimum absolute atomic E-state index is 0.00164. The molecule has 0 aromatic carbocycles. The van der Waals surface area contributed by atoms with Crippen molar-refractivity contribution in [3.63, 3.8) is 0 Å². The molecule has 0 spiro atoms. The average Bonchev–Trinajstić information content (AvgIpc) is 0.881. The summed E-state index contributed by atoms with van der Waals surface area (Å²) in [5.74, 6) is -10.9. The predicted octanol–water partition coefficient (Wildman–Crippen LogP) is 4.52. The summed E-state index contributed by atoms with van der Waals surface area (Å²) in [5, 5.41) is 20.5.